The molecule has 2 atom stereocenters. The number of carbonyl (C=O) groups excluding carboxylic acids is 2. The maximum Gasteiger partial charge on any atom is 0.352 e. The van der Waals surface area contributed by atoms with Crippen molar-refractivity contribution in [2.45, 2.75) is 16.6 Å². The number of benzene rings is 1. The Morgan fingerprint density at radius 3 is 2.94 bits per heavy atom. The van der Waals surface area contributed by atoms with Crippen molar-refractivity contribution >= 4 is 47.0 Å². The Hall–Kier alpha value is -3.52. The molecule has 4 rings (SSSR count). The fourth-order valence-electron chi connectivity index (χ4n) is 3.39. The molecule has 4 N–H and O–H groups in total. The third-order valence-electron chi connectivity index (χ3n) is 4.83. The average molecular weight is 491 g/mol. The van der Waals surface area contributed by atoms with Gasteiger partial charge in [0.1, 0.15) is 36.3 Å². The molecule has 0 spiro atoms. The third-order valence-corrected chi connectivity index (χ3v) is 7.13. The second-order valence-electron chi connectivity index (χ2n) is 6.87. The first kappa shape index (κ1) is 22.7. The van der Waals surface area contributed by atoms with Crippen LogP contribution in [0, 0.1) is 0 Å². The van der Waals surface area contributed by atoms with Crippen molar-refractivity contribution in [1.82, 2.24) is 25.4 Å². The monoisotopic (exact) mass is 490 g/mol. The fraction of sp³-hybridized carbons (Fsp3) is 0.263. The number of aromatic nitrogens is 3. The number of β-lactam (4-membered cyclic amide) rings is 1. The van der Waals surface area contributed by atoms with Crippen LogP contribution in [-0.2, 0) is 19.2 Å². The summed E-state index contributed by atoms with van der Waals surface area (Å²) in [5.41, 5.74) is 0.662. The summed E-state index contributed by atoms with van der Waals surface area (Å²) >= 11 is 2.64. The molecule has 2 aliphatic heterocycles. The quantitative estimate of drug-likeness (QED) is 0.176. The van der Waals surface area contributed by atoms with Crippen LogP contribution < -0.4 is 5.32 Å². The predicted molar refractivity (Wildman–Crippen MR) is 118 cm³/mol. The number of hydrogen-bond donors (Lipinski definition) is 4. The molecule has 12 nitrogen and oxygen atoms in total. The molecule has 2 amide bonds. The van der Waals surface area contributed by atoms with Gasteiger partial charge in [-0.15, -0.1) is 11.8 Å². The molecule has 1 saturated heterocycles. The van der Waals surface area contributed by atoms with Crippen LogP contribution in [0.25, 0.3) is 0 Å². The molecule has 2 aromatic rings. The first-order valence-electron chi connectivity index (χ1n) is 9.50. The zero-order valence-electron chi connectivity index (χ0n) is 17.1. The van der Waals surface area contributed by atoms with Crippen LogP contribution in [0.15, 0.2) is 52.2 Å². The summed E-state index contributed by atoms with van der Waals surface area (Å²) in [6.07, 6.45) is 1.35. The Labute approximate surface area is 195 Å². The number of aromatic hydroxyl groups is 1. The topological polar surface area (TPSA) is 170 Å². The molecule has 0 radical (unpaired) electrons. The van der Waals surface area contributed by atoms with Crippen molar-refractivity contribution in [1.29, 1.82) is 0 Å². The number of thioether (sulfide) groups is 2. The van der Waals surface area contributed by atoms with Crippen LogP contribution in [0.5, 0.6) is 5.75 Å². The molecule has 0 aliphatic carbocycles. The number of rotatable bonds is 8. The first-order valence-corrected chi connectivity index (χ1v) is 11.5. The predicted octanol–water partition coefficient (Wildman–Crippen LogP) is 0.392. The van der Waals surface area contributed by atoms with Gasteiger partial charge in [-0.1, -0.05) is 29.1 Å². The number of amides is 2. The number of carbonyl (C=O) groups is 3. The average Bonchev–Trinajstić information content (AvgIpc) is 3.32. The third kappa shape index (κ3) is 4.52. The number of oxime groups is 1. The van der Waals surface area contributed by atoms with Crippen molar-refractivity contribution in [3.05, 3.63) is 47.4 Å². The van der Waals surface area contributed by atoms with Gasteiger partial charge in [0.15, 0.2) is 10.9 Å². The van der Waals surface area contributed by atoms with E-state index >= 15 is 0 Å². The van der Waals surface area contributed by atoms with Crippen LogP contribution in [0.3, 0.4) is 0 Å². The van der Waals surface area contributed by atoms with Crippen LogP contribution in [0.2, 0.25) is 0 Å². The summed E-state index contributed by atoms with van der Waals surface area (Å²) in [7, 11) is 1.27. The molecule has 1 aromatic carbocycles. The second kappa shape index (κ2) is 9.54. The Morgan fingerprint density at radius 2 is 2.27 bits per heavy atom. The summed E-state index contributed by atoms with van der Waals surface area (Å²) in [4.78, 5) is 47.6. The number of phenols is 1. The lowest BCUT2D eigenvalue weighted by atomic mass is 10.0. The summed E-state index contributed by atoms with van der Waals surface area (Å²) in [6, 6.07) is 4.95. The summed E-state index contributed by atoms with van der Waals surface area (Å²) in [5, 5.41) is 32.2. The first-order chi connectivity index (χ1) is 15.9. The van der Waals surface area contributed by atoms with Crippen molar-refractivity contribution < 1.29 is 29.4 Å². The molecule has 0 bridgehead atoms. The van der Waals surface area contributed by atoms with E-state index in [1.165, 1.54) is 54.0 Å². The van der Waals surface area contributed by atoms with Crippen molar-refractivity contribution in [2.24, 2.45) is 5.16 Å². The lowest BCUT2D eigenvalue weighted by molar-refractivity contribution is -0.150. The van der Waals surface area contributed by atoms with Gasteiger partial charge < -0.3 is 20.4 Å². The number of aliphatic carboxylic acids is 1. The zero-order valence-corrected chi connectivity index (χ0v) is 18.7. The SMILES string of the molecule is CON=C(C(=O)NC1C(=O)N2C(C(=O)O)=C(CSc3ncn[nH]3)CS[C@@H]12)c1cccc(O)c1. The van der Waals surface area contributed by atoms with Gasteiger partial charge in [-0.2, -0.15) is 5.10 Å². The highest BCUT2D eigenvalue weighted by Gasteiger charge is 2.54. The number of H-pyrrole nitrogens is 1. The standard InChI is InChI=1S/C19H18N6O6S2/c1-31-24-12(9-3-2-4-11(26)5-9)15(27)22-13-16(28)25-14(18(29)30)10(6-32-17(13)25)7-33-19-20-8-21-23-19/h2-5,8,13,17,26H,6-7H2,1H3,(H,22,27)(H,29,30)(H,20,21,23)/t13?,17-/m0/s1. The largest absolute Gasteiger partial charge is 0.508 e. The van der Waals surface area contributed by atoms with E-state index in [1.807, 2.05) is 0 Å². The lowest BCUT2D eigenvalue weighted by Crippen LogP contribution is -2.71. The van der Waals surface area contributed by atoms with Crippen molar-refractivity contribution in [3.63, 3.8) is 0 Å². The van der Waals surface area contributed by atoms with E-state index in [0.29, 0.717) is 27.8 Å². The van der Waals surface area contributed by atoms with E-state index in [1.54, 1.807) is 12.1 Å². The van der Waals surface area contributed by atoms with E-state index in [0.717, 1.165) is 0 Å². The Kier molecular flexibility index (Phi) is 6.55. The Bertz CT molecular complexity index is 1150. The smallest absolute Gasteiger partial charge is 0.352 e. The Balaban J connectivity index is 1.50. The molecular weight excluding hydrogens is 472 g/mol. The molecule has 1 aromatic heterocycles. The van der Waals surface area contributed by atoms with Crippen molar-refractivity contribution in [2.75, 3.05) is 18.6 Å². The molecule has 14 heteroatoms. The highest BCUT2D eigenvalue weighted by molar-refractivity contribution is 8.01. The molecule has 3 heterocycles. The molecule has 2 aliphatic rings. The Morgan fingerprint density at radius 1 is 1.45 bits per heavy atom. The highest BCUT2D eigenvalue weighted by atomic mass is 32.2. The lowest BCUT2D eigenvalue weighted by Gasteiger charge is -2.49. The number of carboxylic acid groups (broad SMARTS) is 1. The second-order valence-corrected chi connectivity index (χ2v) is 8.94. The molecule has 1 fully saturated rings. The maximum absolute atomic E-state index is 12.9. The molecule has 172 valence electrons. The van der Waals surface area contributed by atoms with E-state index in [2.05, 4.69) is 25.7 Å². The van der Waals surface area contributed by atoms with Gasteiger partial charge >= 0.3 is 5.97 Å². The van der Waals surface area contributed by atoms with Gasteiger partial charge in [-0.3, -0.25) is 19.6 Å². The molecular formula is C19H18N6O6S2. The van der Waals surface area contributed by atoms with Crippen LogP contribution in [-0.4, -0.2) is 83.8 Å². The number of aromatic amines is 1. The van der Waals surface area contributed by atoms with Crippen LogP contribution in [0.1, 0.15) is 5.56 Å². The number of carboxylic acids is 1. The molecule has 1 unspecified atom stereocenters. The van der Waals surface area contributed by atoms with E-state index in [9.17, 15) is 24.6 Å². The van der Waals surface area contributed by atoms with Gasteiger partial charge in [0, 0.05) is 17.1 Å². The van der Waals surface area contributed by atoms with Crippen LogP contribution in [0.4, 0.5) is 0 Å². The fourth-order valence-corrected chi connectivity index (χ4v) is 5.66. The van der Waals surface area contributed by atoms with E-state index in [-0.39, 0.29) is 17.2 Å². The van der Waals surface area contributed by atoms with Gasteiger partial charge in [-0.05, 0) is 17.7 Å². The van der Waals surface area contributed by atoms with E-state index in [4.69, 9.17) is 4.84 Å². The number of phenolic OH excluding ortho intramolecular Hbond substituents is 1. The maximum atomic E-state index is 12.9. The number of nitrogens with zero attached hydrogens (tertiary/aromatic N) is 4. The van der Waals surface area contributed by atoms with Gasteiger partial charge in [0.2, 0.25) is 0 Å². The molecule has 0 saturated carbocycles. The summed E-state index contributed by atoms with van der Waals surface area (Å²) in [6.45, 7) is 0. The highest BCUT2D eigenvalue weighted by Crippen LogP contribution is 2.41. The van der Waals surface area contributed by atoms with Gasteiger partial charge in [0.25, 0.3) is 11.8 Å². The molecule has 33 heavy (non-hydrogen) atoms. The minimum absolute atomic E-state index is 0.0650. The van der Waals surface area contributed by atoms with Crippen molar-refractivity contribution in [3.8, 4) is 5.75 Å². The number of nitrogens with one attached hydrogen (secondary N) is 2. The minimum Gasteiger partial charge on any atom is -0.508 e. The van der Waals surface area contributed by atoms with Crippen LogP contribution >= 0.6 is 23.5 Å². The normalized spacial score (nSPS) is 20.2. The zero-order chi connectivity index (χ0) is 23.5. The van der Waals surface area contributed by atoms with E-state index < -0.39 is 29.2 Å². The minimum atomic E-state index is -1.21. The number of fused-ring (bicyclic) bond motifs is 1. The number of hydrogen-bond acceptors (Lipinski definition) is 10. The van der Waals surface area contributed by atoms with Gasteiger partial charge in [-0.25, -0.2) is 9.78 Å². The summed E-state index contributed by atoms with van der Waals surface area (Å²) < 4.78 is 0. The summed E-state index contributed by atoms with van der Waals surface area (Å²) in [5.74, 6) is -1.81. The van der Waals surface area contributed by atoms with Gasteiger partial charge in [0.05, 0.1) is 0 Å².